The van der Waals surface area contributed by atoms with Gasteiger partial charge in [-0.2, -0.15) is 0 Å². The molecule has 3 aliphatic rings. The number of fused-ring (bicyclic) bond motifs is 5. The Morgan fingerprint density at radius 1 is 1.11 bits per heavy atom. The van der Waals surface area contributed by atoms with E-state index in [2.05, 4.69) is 67.6 Å². The number of amides is 1. The number of nitrogens with zero attached hydrogens (tertiary/aromatic N) is 6. The Balaban J connectivity index is 1.35. The zero-order valence-corrected chi connectivity index (χ0v) is 21.2. The first-order valence-electron chi connectivity index (χ1n) is 13.2. The SMILES string of the molecule is CC(C)n1c2c(c3c(N)ncnc31)-c1noc(C3CC3)c1C(=O)N(C1CCN(Cc3ccccc3)C1)C2. The number of benzene rings is 1. The molecule has 5 heterocycles. The molecule has 2 aliphatic heterocycles. The highest BCUT2D eigenvalue weighted by atomic mass is 16.5. The summed E-state index contributed by atoms with van der Waals surface area (Å²) in [5.41, 5.74) is 11.6. The number of nitrogen functional groups attached to an aromatic ring is 1. The predicted octanol–water partition coefficient (Wildman–Crippen LogP) is 4.36. The van der Waals surface area contributed by atoms with E-state index in [1.165, 1.54) is 11.9 Å². The molecule has 0 bridgehead atoms. The number of carbonyl (C=O) groups is 1. The number of hydrogen-bond donors (Lipinski definition) is 1. The molecule has 3 aromatic heterocycles. The Kier molecular flexibility index (Phi) is 5.11. The van der Waals surface area contributed by atoms with Gasteiger partial charge in [0.05, 0.1) is 11.9 Å². The molecule has 1 amide bonds. The molecule has 0 radical (unpaired) electrons. The summed E-state index contributed by atoms with van der Waals surface area (Å²) in [4.78, 5) is 27.7. The molecule has 190 valence electrons. The summed E-state index contributed by atoms with van der Waals surface area (Å²) in [5.74, 6) is 1.39. The third-order valence-corrected chi connectivity index (χ3v) is 8.07. The van der Waals surface area contributed by atoms with Gasteiger partial charge in [0.25, 0.3) is 5.91 Å². The molecular formula is C28H31N7O2. The molecule has 1 aliphatic carbocycles. The number of carbonyl (C=O) groups excluding carboxylic acids is 1. The molecule has 9 nitrogen and oxygen atoms in total. The van der Waals surface area contributed by atoms with Crippen LogP contribution in [0.4, 0.5) is 5.82 Å². The van der Waals surface area contributed by atoms with Crippen molar-refractivity contribution in [2.75, 3.05) is 18.8 Å². The summed E-state index contributed by atoms with van der Waals surface area (Å²) >= 11 is 0. The summed E-state index contributed by atoms with van der Waals surface area (Å²) in [6, 6.07) is 10.7. The number of rotatable bonds is 5. The van der Waals surface area contributed by atoms with Gasteiger partial charge in [-0.25, -0.2) is 9.97 Å². The van der Waals surface area contributed by atoms with Crippen LogP contribution in [-0.2, 0) is 13.1 Å². The highest BCUT2D eigenvalue weighted by Crippen LogP contribution is 2.48. The van der Waals surface area contributed by atoms with Crippen LogP contribution in [0.15, 0.2) is 41.2 Å². The molecule has 2 N–H and O–H groups in total. The second-order valence-electron chi connectivity index (χ2n) is 10.9. The Labute approximate surface area is 215 Å². The summed E-state index contributed by atoms with van der Waals surface area (Å²) < 4.78 is 8.09. The standard InChI is InChI=1S/C28H31N7O2/c1-16(2)35-20-14-34(19-10-11-33(13-19)12-17-6-4-3-5-7-17)28(36)23-24(32-37-25(23)18-8-9-18)21(20)22-26(29)30-15-31-27(22)35/h3-7,15-16,18-19H,8-14H2,1-2H3,(H2,29,30,31). The molecule has 1 aromatic carbocycles. The Bertz CT molecular complexity index is 1500. The van der Waals surface area contributed by atoms with Gasteiger partial charge in [-0.05, 0) is 38.7 Å². The summed E-state index contributed by atoms with van der Waals surface area (Å²) in [6.45, 7) is 7.41. The molecule has 1 saturated heterocycles. The monoisotopic (exact) mass is 497 g/mol. The lowest BCUT2D eigenvalue weighted by atomic mass is 10.0. The minimum Gasteiger partial charge on any atom is -0.383 e. The van der Waals surface area contributed by atoms with Crippen LogP contribution in [-0.4, -0.2) is 54.5 Å². The van der Waals surface area contributed by atoms with Crippen molar-refractivity contribution in [2.45, 2.75) is 64.2 Å². The van der Waals surface area contributed by atoms with Crippen molar-refractivity contribution in [3.05, 3.63) is 59.2 Å². The van der Waals surface area contributed by atoms with Crippen molar-refractivity contribution in [3.8, 4) is 11.3 Å². The van der Waals surface area contributed by atoms with Gasteiger partial charge in [-0.1, -0.05) is 35.5 Å². The smallest absolute Gasteiger partial charge is 0.260 e. The lowest BCUT2D eigenvalue weighted by Crippen LogP contribution is -2.41. The van der Waals surface area contributed by atoms with Gasteiger partial charge in [0.15, 0.2) is 5.76 Å². The first kappa shape index (κ1) is 22.5. The van der Waals surface area contributed by atoms with Crippen LogP contribution in [0, 0.1) is 0 Å². The van der Waals surface area contributed by atoms with Gasteiger partial charge in [0, 0.05) is 48.9 Å². The first-order valence-corrected chi connectivity index (χ1v) is 13.2. The summed E-state index contributed by atoms with van der Waals surface area (Å²) in [6.07, 6.45) is 4.48. The van der Waals surface area contributed by atoms with Crippen molar-refractivity contribution in [2.24, 2.45) is 0 Å². The summed E-state index contributed by atoms with van der Waals surface area (Å²) in [7, 11) is 0. The van der Waals surface area contributed by atoms with Crippen molar-refractivity contribution in [1.82, 2.24) is 29.5 Å². The number of nitrogens with two attached hydrogens (primary N) is 1. The van der Waals surface area contributed by atoms with Crippen LogP contribution in [0.25, 0.3) is 22.3 Å². The molecule has 7 rings (SSSR count). The van der Waals surface area contributed by atoms with Gasteiger partial charge < -0.3 is 19.7 Å². The van der Waals surface area contributed by atoms with Crippen LogP contribution in [0.5, 0.6) is 0 Å². The molecular weight excluding hydrogens is 466 g/mol. The summed E-state index contributed by atoms with van der Waals surface area (Å²) in [5, 5.41) is 5.27. The van der Waals surface area contributed by atoms with E-state index in [9.17, 15) is 4.79 Å². The van der Waals surface area contributed by atoms with Crippen LogP contribution < -0.4 is 5.73 Å². The highest BCUT2D eigenvalue weighted by Gasteiger charge is 2.44. The number of anilines is 1. The Hall–Kier alpha value is -3.72. The Morgan fingerprint density at radius 2 is 1.92 bits per heavy atom. The second-order valence-corrected chi connectivity index (χ2v) is 10.9. The molecule has 1 saturated carbocycles. The van der Waals surface area contributed by atoms with Crippen molar-refractivity contribution < 1.29 is 9.32 Å². The van der Waals surface area contributed by atoms with Crippen LogP contribution in [0.3, 0.4) is 0 Å². The lowest BCUT2D eigenvalue weighted by molar-refractivity contribution is 0.0660. The van der Waals surface area contributed by atoms with E-state index >= 15 is 0 Å². The molecule has 4 aromatic rings. The molecule has 1 unspecified atom stereocenters. The zero-order valence-electron chi connectivity index (χ0n) is 21.2. The average Bonchev–Trinajstić information content (AvgIpc) is 3.36. The number of likely N-dealkylation sites (tertiary alicyclic amines) is 1. The van der Waals surface area contributed by atoms with Gasteiger partial charge in [-0.15, -0.1) is 0 Å². The number of aromatic nitrogens is 4. The quantitative estimate of drug-likeness (QED) is 0.437. The van der Waals surface area contributed by atoms with Crippen LogP contribution in [0.2, 0.25) is 0 Å². The normalized spacial score (nSPS) is 20.0. The van der Waals surface area contributed by atoms with Gasteiger partial charge >= 0.3 is 0 Å². The zero-order chi connectivity index (χ0) is 25.3. The van der Waals surface area contributed by atoms with E-state index < -0.39 is 0 Å². The highest BCUT2D eigenvalue weighted by molar-refractivity contribution is 6.09. The molecule has 37 heavy (non-hydrogen) atoms. The third-order valence-electron chi connectivity index (χ3n) is 8.07. The van der Waals surface area contributed by atoms with Crippen molar-refractivity contribution in [1.29, 1.82) is 0 Å². The van der Waals surface area contributed by atoms with E-state index in [1.807, 2.05) is 6.07 Å². The molecule has 1 atom stereocenters. The topological polar surface area (TPSA) is 106 Å². The van der Waals surface area contributed by atoms with E-state index in [4.69, 9.17) is 10.3 Å². The Morgan fingerprint density at radius 3 is 2.68 bits per heavy atom. The minimum absolute atomic E-state index is 0.0137. The first-order chi connectivity index (χ1) is 18.0. The molecule has 0 spiro atoms. The van der Waals surface area contributed by atoms with Crippen LogP contribution >= 0.6 is 0 Å². The van der Waals surface area contributed by atoms with Gasteiger partial charge in [-0.3, -0.25) is 9.69 Å². The molecule has 9 heteroatoms. The number of hydrogen-bond acceptors (Lipinski definition) is 7. The maximum Gasteiger partial charge on any atom is 0.260 e. The van der Waals surface area contributed by atoms with E-state index in [0.29, 0.717) is 23.6 Å². The van der Waals surface area contributed by atoms with Crippen molar-refractivity contribution >= 4 is 22.8 Å². The fraction of sp³-hybridized carbons (Fsp3) is 0.429. The maximum atomic E-state index is 14.3. The van der Waals surface area contributed by atoms with E-state index in [0.717, 1.165) is 66.9 Å². The third kappa shape index (κ3) is 3.55. The second kappa shape index (κ2) is 8.41. The fourth-order valence-corrected chi connectivity index (χ4v) is 6.20. The maximum absolute atomic E-state index is 14.3. The fourth-order valence-electron chi connectivity index (χ4n) is 6.20. The van der Waals surface area contributed by atoms with Crippen molar-refractivity contribution in [3.63, 3.8) is 0 Å². The molecule has 2 fully saturated rings. The largest absolute Gasteiger partial charge is 0.383 e. The van der Waals surface area contributed by atoms with Gasteiger partial charge in [0.2, 0.25) is 0 Å². The lowest BCUT2D eigenvalue weighted by Gasteiger charge is -2.29. The van der Waals surface area contributed by atoms with Crippen LogP contribution in [0.1, 0.15) is 72.4 Å². The van der Waals surface area contributed by atoms with Gasteiger partial charge in [0.1, 0.15) is 29.0 Å². The van der Waals surface area contributed by atoms with E-state index in [1.54, 1.807) is 0 Å². The van der Waals surface area contributed by atoms with E-state index in [-0.39, 0.29) is 23.9 Å². The predicted molar refractivity (Wildman–Crippen MR) is 140 cm³/mol. The average molecular weight is 498 g/mol. The minimum atomic E-state index is 0.0137.